The quantitative estimate of drug-likeness (QED) is 0.346. The van der Waals surface area contributed by atoms with Crippen molar-refractivity contribution in [2.45, 2.75) is 17.9 Å². The standard InChI is InChI=1S/C25H26ClF4N5O3/c1-38-10-9-34-12-17(15-7-8-18(27)19(28)11-15)20(13-34)31-24(37)32-23-21(26)22(25(29,30)14-36)33-35(23)16-5-3-2-4-6-16/h2-8,11,17,20,36H,9-10,12-14H2,1H3,(H2,31,32,37)/t17-,20+/m0/s1. The maximum absolute atomic E-state index is 14.4. The Morgan fingerprint density at radius 1 is 1.18 bits per heavy atom. The van der Waals surface area contributed by atoms with Crippen molar-refractivity contribution in [1.29, 1.82) is 0 Å². The number of alkyl halides is 2. The van der Waals surface area contributed by atoms with Crippen LogP contribution >= 0.6 is 11.6 Å². The van der Waals surface area contributed by atoms with E-state index in [1.165, 1.54) is 6.07 Å². The third-order valence-electron chi connectivity index (χ3n) is 6.30. The molecule has 0 radical (unpaired) electrons. The zero-order chi connectivity index (χ0) is 27.4. The van der Waals surface area contributed by atoms with Crippen molar-refractivity contribution in [1.82, 2.24) is 20.0 Å². The van der Waals surface area contributed by atoms with Crippen LogP contribution in [0.1, 0.15) is 17.2 Å². The second-order valence-electron chi connectivity index (χ2n) is 8.86. The number of aliphatic hydroxyl groups is 1. The number of carbonyl (C=O) groups is 1. The zero-order valence-electron chi connectivity index (χ0n) is 20.3. The van der Waals surface area contributed by atoms with Gasteiger partial charge in [-0.1, -0.05) is 35.9 Å². The molecule has 1 saturated heterocycles. The monoisotopic (exact) mass is 555 g/mol. The highest BCUT2D eigenvalue weighted by Gasteiger charge is 2.40. The Bertz CT molecular complexity index is 1280. The van der Waals surface area contributed by atoms with Gasteiger partial charge < -0.3 is 15.2 Å². The van der Waals surface area contributed by atoms with Crippen LogP contribution in [-0.2, 0) is 10.7 Å². The molecule has 0 bridgehead atoms. The van der Waals surface area contributed by atoms with Gasteiger partial charge in [-0.25, -0.2) is 18.3 Å². The van der Waals surface area contributed by atoms with E-state index in [9.17, 15) is 22.4 Å². The van der Waals surface area contributed by atoms with Crippen LogP contribution in [0.5, 0.6) is 0 Å². The van der Waals surface area contributed by atoms with E-state index in [0.717, 1.165) is 16.8 Å². The number of aliphatic hydroxyl groups excluding tert-OH is 1. The molecule has 1 aliphatic heterocycles. The number of urea groups is 1. The molecule has 1 fully saturated rings. The van der Waals surface area contributed by atoms with Crippen molar-refractivity contribution in [3.05, 3.63) is 76.4 Å². The van der Waals surface area contributed by atoms with Gasteiger partial charge in [-0.15, -0.1) is 0 Å². The molecule has 0 saturated carbocycles. The number of methoxy groups -OCH3 is 1. The maximum Gasteiger partial charge on any atom is 0.320 e. The first kappa shape index (κ1) is 27.8. The molecular weight excluding hydrogens is 530 g/mol. The third kappa shape index (κ3) is 5.93. The number of hydrogen-bond acceptors (Lipinski definition) is 5. The van der Waals surface area contributed by atoms with Crippen molar-refractivity contribution in [2.75, 3.05) is 45.3 Å². The van der Waals surface area contributed by atoms with Gasteiger partial charge in [-0.2, -0.15) is 13.9 Å². The number of likely N-dealkylation sites (tertiary alicyclic amines) is 1. The number of benzene rings is 2. The zero-order valence-corrected chi connectivity index (χ0v) is 21.1. The number of carbonyl (C=O) groups excluding carboxylic acids is 1. The predicted molar refractivity (Wildman–Crippen MR) is 133 cm³/mol. The summed E-state index contributed by atoms with van der Waals surface area (Å²) in [5, 5.41) is 17.8. The Hall–Kier alpha value is -3.19. The molecule has 38 heavy (non-hydrogen) atoms. The smallest absolute Gasteiger partial charge is 0.320 e. The fourth-order valence-electron chi connectivity index (χ4n) is 4.40. The summed E-state index contributed by atoms with van der Waals surface area (Å²) in [6, 6.07) is 10.4. The number of amides is 2. The Labute approximate surface area is 221 Å². The van der Waals surface area contributed by atoms with Crippen LogP contribution in [0.3, 0.4) is 0 Å². The summed E-state index contributed by atoms with van der Waals surface area (Å²) in [4.78, 5) is 15.1. The number of ether oxygens (including phenoxy) is 1. The SMILES string of the molecule is COCCN1C[C@@H](NC(=O)Nc2c(Cl)c(C(F)(F)CO)nn2-c2ccccc2)[C@H](c2ccc(F)c(F)c2)C1. The number of halogens is 5. The van der Waals surface area contributed by atoms with Gasteiger partial charge in [-0.3, -0.25) is 10.2 Å². The first-order valence-electron chi connectivity index (χ1n) is 11.7. The Morgan fingerprint density at radius 2 is 1.92 bits per heavy atom. The fraction of sp³-hybridized carbons (Fsp3) is 0.360. The Morgan fingerprint density at radius 3 is 2.58 bits per heavy atom. The summed E-state index contributed by atoms with van der Waals surface area (Å²) in [5.41, 5.74) is -0.0607. The Balaban J connectivity index is 1.61. The number of para-hydroxylation sites is 1. The first-order valence-corrected chi connectivity index (χ1v) is 12.1. The molecule has 2 amide bonds. The number of nitrogens with zero attached hydrogens (tertiary/aromatic N) is 3. The van der Waals surface area contributed by atoms with Crippen molar-refractivity contribution in [2.24, 2.45) is 0 Å². The summed E-state index contributed by atoms with van der Waals surface area (Å²) in [6.45, 7) is 0.258. The number of hydrogen-bond donors (Lipinski definition) is 3. The lowest BCUT2D eigenvalue weighted by Crippen LogP contribution is -2.42. The van der Waals surface area contributed by atoms with E-state index in [4.69, 9.17) is 21.4 Å². The summed E-state index contributed by atoms with van der Waals surface area (Å²) >= 11 is 6.22. The minimum atomic E-state index is -3.75. The van der Waals surface area contributed by atoms with Crippen molar-refractivity contribution < 1.29 is 32.2 Å². The van der Waals surface area contributed by atoms with Crippen LogP contribution in [-0.4, -0.2) is 71.8 Å². The second-order valence-corrected chi connectivity index (χ2v) is 9.24. The highest BCUT2D eigenvalue weighted by molar-refractivity contribution is 6.34. The van der Waals surface area contributed by atoms with E-state index in [2.05, 4.69) is 15.7 Å². The van der Waals surface area contributed by atoms with E-state index in [0.29, 0.717) is 37.5 Å². The molecule has 1 aromatic heterocycles. The molecule has 2 heterocycles. The van der Waals surface area contributed by atoms with Gasteiger partial charge in [0, 0.05) is 32.7 Å². The molecule has 3 N–H and O–H groups in total. The lowest BCUT2D eigenvalue weighted by atomic mass is 9.94. The highest BCUT2D eigenvalue weighted by Crippen LogP contribution is 2.38. The lowest BCUT2D eigenvalue weighted by molar-refractivity contribution is -0.0593. The molecule has 13 heteroatoms. The van der Waals surface area contributed by atoms with Crippen LogP contribution in [0, 0.1) is 11.6 Å². The Kier molecular flexibility index (Phi) is 8.56. The number of aromatic nitrogens is 2. The minimum Gasteiger partial charge on any atom is -0.390 e. The van der Waals surface area contributed by atoms with Crippen molar-refractivity contribution >= 4 is 23.4 Å². The minimum absolute atomic E-state index is 0.225. The third-order valence-corrected chi connectivity index (χ3v) is 6.66. The van der Waals surface area contributed by atoms with Gasteiger partial charge >= 0.3 is 12.0 Å². The number of nitrogens with one attached hydrogen (secondary N) is 2. The van der Waals surface area contributed by atoms with E-state index in [-0.39, 0.29) is 5.82 Å². The van der Waals surface area contributed by atoms with Crippen LogP contribution in [0.2, 0.25) is 5.02 Å². The summed E-state index contributed by atoms with van der Waals surface area (Å²) in [5.74, 6) is -6.36. The van der Waals surface area contributed by atoms with Crippen molar-refractivity contribution in [3.8, 4) is 5.69 Å². The number of rotatable bonds is 9. The molecular formula is C25H26ClF4N5O3. The van der Waals surface area contributed by atoms with Gasteiger partial charge in [0.25, 0.3) is 0 Å². The van der Waals surface area contributed by atoms with Gasteiger partial charge in [-0.05, 0) is 29.8 Å². The van der Waals surface area contributed by atoms with Gasteiger partial charge in [0.15, 0.2) is 23.1 Å². The van der Waals surface area contributed by atoms with Gasteiger partial charge in [0.2, 0.25) is 0 Å². The summed E-state index contributed by atoms with van der Waals surface area (Å²) < 4.78 is 62.4. The van der Waals surface area contributed by atoms with Gasteiger partial charge in [0.05, 0.1) is 18.3 Å². The highest BCUT2D eigenvalue weighted by atomic mass is 35.5. The van der Waals surface area contributed by atoms with E-state index < -0.39 is 52.9 Å². The van der Waals surface area contributed by atoms with Gasteiger partial charge in [0.1, 0.15) is 11.6 Å². The molecule has 3 aromatic rings. The molecule has 0 aliphatic carbocycles. The summed E-state index contributed by atoms with van der Waals surface area (Å²) in [7, 11) is 1.56. The largest absolute Gasteiger partial charge is 0.390 e. The first-order chi connectivity index (χ1) is 18.1. The number of anilines is 1. The average molecular weight is 556 g/mol. The maximum atomic E-state index is 14.4. The molecule has 0 spiro atoms. The lowest BCUT2D eigenvalue weighted by Gasteiger charge is -2.21. The second kappa shape index (κ2) is 11.7. The molecule has 0 unspecified atom stereocenters. The van der Waals surface area contributed by atoms with Crippen LogP contribution in [0.15, 0.2) is 48.5 Å². The van der Waals surface area contributed by atoms with Crippen LogP contribution in [0.25, 0.3) is 5.69 Å². The normalized spacial score (nSPS) is 18.1. The van der Waals surface area contributed by atoms with Crippen LogP contribution in [0.4, 0.5) is 28.2 Å². The molecule has 4 rings (SSSR count). The molecule has 1 aliphatic rings. The summed E-state index contributed by atoms with van der Waals surface area (Å²) in [6.07, 6.45) is 0. The molecule has 8 nitrogen and oxygen atoms in total. The molecule has 204 valence electrons. The predicted octanol–water partition coefficient (Wildman–Crippen LogP) is 4.12. The topological polar surface area (TPSA) is 91.7 Å². The van der Waals surface area contributed by atoms with Crippen LogP contribution < -0.4 is 10.6 Å². The van der Waals surface area contributed by atoms with E-state index in [1.54, 1.807) is 37.4 Å². The fourth-order valence-corrected chi connectivity index (χ4v) is 4.70. The molecule has 2 atom stereocenters. The molecule has 2 aromatic carbocycles. The van der Waals surface area contributed by atoms with Crippen molar-refractivity contribution in [3.63, 3.8) is 0 Å². The van der Waals surface area contributed by atoms with E-state index in [1.807, 2.05) is 4.90 Å². The van der Waals surface area contributed by atoms with E-state index >= 15 is 0 Å². The average Bonchev–Trinajstić information content (AvgIpc) is 3.45.